The lowest BCUT2D eigenvalue weighted by Crippen LogP contribution is -2.25. The number of hydrogen-bond donors (Lipinski definition) is 1. The normalized spacial score (nSPS) is 11.2. The molecular weight excluding hydrogens is 417 g/mol. The van der Waals surface area contributed by atoms with Crippen LogP contribution in [0.3, 0.4) is 0 Å². The second-order valence-corrected chi connectivity index (χ2v) is 7.89. The number of fused-ring (bicyclic) bond motifs is 1. The SMILES string of the molecule is Cc1ccc(CCn2c(=N)n(Cc3ccc(F)c(Br)c3)c3ccccc32)cc1. The van der Waals surface area contributed by atoms with Gasteiger partial charge in [0.15, 0.2) is 0 Å². The molecular formula is C23H21BrFN3. The van der Waals surface area contributed by atoms with E-state index in [1.807, 2.05) is 27.3 Å². The number of benzene rings is 3. The van der Waals surface area contributed by atoms with Crippen molar-refractivity contribution in [1.29, 1.82) is 5.41 Å². The fourth-order valence-electron chi connectivity index (χ4n) is 3.50. The molecule has 0 aliphatic carbocycles. The van der Waals surface area contributed by atoms with Gasteiger partial charge in [-0.2, -0.15) is 0 Å². The first-order valence-corrected chi connectivity index (χ1v) is 10.0. The third kappa shape index (κ3) is 3.67. The zero-order valence-electron chi connectivity index (χ0n) is 15.6. The first-order valence-electron chi connectivity index (χ1n) is 9.25. The number of imidazole rings is 1. The van der Waals surface area contributed by atoms with Crippen LogP contribution >= 0.6 is 15.9 Å². The van der Waals surface area contributed by atoms with Crippen molar-refractivity contribution in [3.63, 3.8) is 0 Å². The van der Waals surface area contributed by atoms with Crippen molar-refractivity contribution in [1.82, 2.24) is 9.13 Å². The number of hydrogen-bond acceptors (Lipinski definition) is 1. The summed E-state index contributed by atoms with van der Waals surface area (Å²) < 4.78 is 18.0. The van der Waals surface area contributed by atoms with Crippen LogP contribution in [0.15, 0.2) is 71.2 Å². The number of nitrogens with one attached hydrogen (secondary N) is 1. The Labute approximate surface area is 171 Å². The van der Waals surface area contributed by atoms with E-state index in [1.54, 1.807) is 12.1 Å². The lowest BCUT2D eigenvalue weighted by molar-refractivity contribution is 0.612. The minimum Gasteiger partial charge on any atom is -0.310 e. The molecule has 0 fully saturated rings. The lowest BCUT2D eigenvalue weighted by atomic mass is 10.1. The molecule has 0 aliphatic heterocycles. The van der Waals surface area contributed by atoms with Crippen LogP contribution in [0.2, 0.25) is 0 Å². The van der Waals surface area contributed by atoms with Gasteiger partial charge in [0.25, 0.3) is 0 Å². The van der Waals surface area contributed by atoms with Crippen LogP contribution in [-0.2, 0) is 19.5 Å². The molecule has 0 bridgehead atoms. The van der Waals surface area contributed by atoms with Gasteiger partial charge in [0.05, 0.1) is 22.1 Å². The van der Waals surface area contributed by atoms with Crippen LogP contribution in [0.4, 0.5) is 4.39 Å². The molecule has 0 radical (unpaired) electrons. The van der Waals surface area contributed by atoms with Crippen LogP contribution in [0.25, 0.3) is 11.0 Å². The molecule has 142 valence electrons. The fourth-order valence-corrected chi connectivity index (χ4v) is 3.92. The number of rotatable bonds is 5. The van der Waals surface area contributed by atoms with Crippen molar-refractivity contribution in [2.24, 2.45) is 0 Å². The summed E-state index contributed by atoms with van der Waals surface area (Å²) in [4.78, 5) is 0. The van der Waals surface area contributed by atoms with E-state index in [9.17, 15) is 4.39 Å². The fraction of sp³-hybridized carbons (Fsp3) is 0.174. The van der Waals surface area contributed by atoms with Crippen molar-refractivity contribution in [2.45, 2.75) is 26.4 Å². The molecule has 3 nitrogen and oxygen atoms in total. The number of aromatic nitrogens is 2. The van der Waals surface area contributed by atoms with E-state index in [2.05, 4.69) is 53.2 Å². The molecule has 0 spiro atoms. The van der Waals surface area contributed by atoms with E-state index < -0.39 is 0 Å². The Balaban J connectivity index is 1.69. The molecule has 0 saturated carbocycles. The average Bonchev–Trinajstić information content (AvgIpc) is 2.96. The van der Waals surface area contributed by atoms with Crippen LogP contribution in [0, 0.1) is 18.2 Å². The van der Waals surface area contributed by atoms with Crippen molar-refractivity contribution in [3.05, 3.63) is 99.3 Å². The smallest absolute Gasteiger partial charge is 0.203 e. The predicted octanol–water partition coefficient (Wildman–Crippen LogP) is 5.42. The standard InChI is InChI=1S/C23H21BrFN3/c1-16-6-8-17(9-7-16)12-13-27-21-4-2-3-5-22(21)28(23(27)26)15-18-10-11-20(25)19(24)14-18/h2-11,14,26H,12-13,15H2,1H3. The number of halogens is 2. The third-order valence-electron chi connectivity index (χ3n) is 5.04. The van der Waals surface area contributed by atoms with Gasteiger partial charge in [-0.25, -0.2) is 4.39 Å². The highest BCUT2D eigenvalue weighted by Crippen LogP contribution is 2.19. The summed E-state index contributed by atoms with van der Waals surface area (Å²) in [5, 5.41) is 8.76. The Morgan fingerprint density at radius 1 is 0.893 bits per heavy atom. The van der Waals surface area contributed by atoms with E-state index in [-0.39, 0.29) is 5.82 Å². The summed E-state index contributed by atoms with van der Waals surface area (Å²) in [6.45, 7) is 3.35. The molecule has 4 rings (SSSR count). The first kappa shape index (κ1) is 18.7. The maximum Gasteiger partial charge on any atom is 0.203 e. The highest BCUT2D eigenvalue weighted by Gasteiger charge is 2.12. The summed E-state index contributed by atoms with van der Waals surface area (Å²) in [5.41, 5.74) is 5.97. The first-order chi connectivity index (χ1) is 13.5. The Morgan fingerprint density at radius 3 is 2.21 bits per heavy atom. The van der Waals surface area contributed by atoms with E-state index in [1.165, 1.54) is 17.2 Å². The van der Waals surface area contributed by atoms with Gasteiger partial charge in [0, 0.05) is 6.54 Å². The molecule has 0 saturated heterocycles. The maximum absolute atomic E-state index is 13.6. The van der Waals surface area contributed by atoms with Gasteiger partial charge in [-0.15, -0.1) is 0 Å². The molecule has 4 aromatic rings. The molecule has 1 aromatic heterocycles. The van der Waals surface area contributed by atoms with Crippen LogP contribution < -0.4 is 5.62 Å². The van der Waals surface area contributed by atoms with Crippen molar-refractivity contribution >= 4 is 27.0 Å². The summed E-state index contributed by atoms with van der Waals surface area (Å²) in [6, 6.07) is 21.6. The van der Waals surface area contributed by atoms with E-state index in [0.29, 0.717) is 16.6 Å². The summed E-state index contributed by atoms with van der Waals surface area (Å²) in [5.74, 6) is -0.277. The van der Waals surface area contributed by atoms with Crippen LogP contribution in [0.1, 0.15) is 16.7 Å². The Hall–Kier alpha value is -2.66. The zero-order chi connectivity index (χ0) is 19.7. The zero-order valence-corrected chi connectivity index (χ0v) is 17.2. The van der Waals surface area contributed by atoms with Gasteiger partial charge in [-0.05, 0) is 64.7 Å². The van der Waals surface area contributed by atoms with Crippen molar-refractivity contribution < 1.29 is 4.39 Å². The van der Waals surface area contributed by atoms with Gasteiger partial charge in [-0.1, -0.05) is 48.0 Å². The van der Waals surface area contributed by atoms with Crippen molar-refractivity contribution in [2.75, 3.05) is 0 Å². The molecule has 0 atom stereocenters. The minimum atomic E-state index is -0.277. The topological polar surface area (TPSA) is 33.7 Å². The second-order valence-electron chi connectivity index (χ2n) is 7.03. The lowest BCUT2D eigenvalue weighted by Gasteiger charge is -2.07. The monoisotopic (exact) mass is 437 g/mol. The molecule has 1 N–H and O–H groups in total. The molecule has 0 amide bonds. The Kier molecular flexibility index (Phi) is 5.18. The second kappa shape index (κ2) is 7.76. The van der Waals surface area contributed by atoms with Gasteiger partial charge in [-0.3, -0.25) is 5.41 Å². The number of aryl methyl sites for hydroxylation is 3. The van der Waals surface area contributed by atoms with Gasteiger partial charge in [0.1, 0.15) is 5.82 Å². The molecule has 0 aliphatic rings. The third-order valence-corrected chi connectivity index (χ3v) is 5.65. The predicted molar refractivity (Wildman–Crippen MR) is 114 cm³/mol. The summed E-state index contributed by atoms with van der Waals surface area (Å²) >= 11 is 3.25. The number of nitrogens with zero attached hydrogens (tertiary/aromatic N) is 2. The van der Waals surface area contributed by atoms with E-state index >= 15 is 0 Å². The highest BCUT2D eigenvalue weighted by atomic mass is 79.9. The number of para-hydroxylation sites is 2. The Bertz CT molecular complexity index is 1190. The quantitative estimate of drug-likeness (QED) is 0.432. The maximum atomic E-state index is 13.6. The van der Waals surface area contributed by atoms with Crippen molar-refractivity contribution in [3.8, 4) is 0 Å². The molecule has 3 aromatic carbocycles. The molecule has 0 unspecified atom stereocenters. The van der Waals surface area contributed by atoms with Crippen LogP contribution in [0.5, 0.6) is 0 Å². The highest BCUT2D eigenvalue weighted by molar-refractivity contribution is 9.10. The average molecular weight is 438 g/mol. The van der Waals surface area contributed by atoms with Gasteiger partial charge < -0.3 is 9.13 Å². The van der Waals surface area contributed by atoms with E-state index in [4.69, 9.17) is 5.41 Å². The minimum absolute atomic E-state index is 0.277. The summed E-state index contributed by atoms with van der Waals surface area (Å²) in [7, 11) is 0. The van der Waals surface area contributed by atoms with Crippen LogP contribution in [-0.4, -0.2) is 9.13 Å². The molecule has 1 heterocycles. The molecule has 28 heavy (non-hydrogen) atoms. The van der Waals surface area contributed by atoms with Gasteiger partial charge in [0.2, 0.25) is 5.62 Å². The molecule has 5 heteroatoms. The van der Waals surface area contributed by atoms with Gasteiger partial charge >= 0.3 is 0 Å². The summed E-state index contributed by atoms with van der Waals surface area (Å²) in [6.07, 6.45) is 0.868. The largest absolute Gasteiger partial charge is 0.310 e. The Morgan fingerprint density at radius 2 is 1.54 bits per heavy atom. The van der Waals surface area contributed by atoms with E-state index in [0.717, 1.165) is 29.6 Å².